The van der Waals surface area contributed by atoms with E-state index in [9.17, 15) is 5.11 Å². The number of hydrogen-bond donors (Lipinski definition) is 3. The van der Waals surface area contributed by atoms with E-state index in [4.69, 9.17) is 12.2 Å². The number of rotatable bonds is 4. The molecule has 0 saturated carbocycles. The molecule has 1 aliphatic heterocycles. The summed E-state index contributed by atoms with van der Waals surface area (Å²) < 4.78 is 0. The molecular weight excluding hydrogens is 350 g/mol. The third kappa shape index (κ3) is 3.82. The molecule has 1 fully saturated rings. The summed E-state index contributed by atoms with van der Waals surface area (Å²) in [5.74, 6) is 3.39. The second kappa shape index (κ2) is 7.95. The van der Waals surface area contributed by atoms with E-state index in [1.165, 1.54) is 0 Å². The van der Waals surface area contributed by atoms with E-state index < -0.39 is 6.10 Å². The number of terminal acetylenes is 1. The van der Waals surface area contributed by atoms with Gasteiger partial charge < -0.3 is 16.2 Å². The Kier molecular flexibility index (Phi) is 5.22. The zero-order chi connectivity index (χ0) is 19.5. The lowest BCUT2D eigenvalue weighted by atomic mass is 10.0. The van der Waals surface area contributed by atoms with Crippen molar-refractivity contribution >= 4 is 22.4 Å². The molecule has 28 heavy (non-hydrogen) atoms. The third-order valence-corrected chi connectivity index (χ3v) is 5.15. The number of fused-ring (bicyclic) bond motifs is 1. The molecule has 6 heteroatoms. The average Bonchev–Trinajstić information content (AvgIpc) is 2.71. The number of benzene rings is 2. The second-order valence-corrected chi connectivity index (χ2v) is 7.14. The van der Waals surface area contributed by atoms with Gasteiger partial charge in [0.05, 0.1) is 11.6 Å². The van der Waals surface area contributed by atoms with Crippen LogP contribution in [0.4, 0.5) is 11.5 Å². The normalized spacial score (nSPS) is 20.0. The maximum Gasteiger partial charge on any atom is 0.142 e. The Morgan fingerprint density at radius 3 is 2.93 bits per heavy atom. The summed E-state index contributed by atoms with van der Waals surface area (Å²) in [5, 5.41) is 14.5. The Balaban J connectivity index is 1.67. The Hall–Kier alpha value is -2.98. The number of nitrogens with zero attached hydrogens (tertiary/aromatic N) is 3. The molecule has 2 aromatic carbocycles. The topological polar surface area (TPSA) is 87.3 Å². The number of piperidine rings is 1. The SMILES string of the molecule is C#Cc1cccc(Nc2ncnc3cccc(CN4CC[C@H](N)[C@H](O)C4)c23)c1. The molecule has 6 nitrogen and oxygen atoms in total. The molecule has 1 aliphatic rings. The molecule has 2 atom stereocenters. The highest BCUT2D eigenvalue weighted by atomic mass is 16.3. The molecule has 4 rings (SSSR count). The molecule has 2 heterocycles. The van der Waals surface area contributed by atoms with E-state index in [1.807, 2.05) is 36.4 Å². The number of anilines is 2. The van der Waals surface area contributed by atoms with Gasteiger partial charge >= 0.3 is 0 Å². The van der Waals surface area contributed by atoms with Crippen LogP contribution < -0.4 is 11.1 Å². The van der Waals surface area contributed by atoms with Gasteiger partial charge in [0, 0.05) is 42.3 Å². The van der Waals surface area contributed by atoms with E-state index in [0.29, 0.717) is 13.1 Å². The molecule has 1 saturated heterocycles. The Labute approximate surface area is 164 Å². The van der Waals surface area contributed by atoms with Gasteiger partial charge in [-0.1, -0.05) is 24.1 Å². The highest BCUT2D eigenvalue weighted by Gasteiger charge is 2.25. The van der Waals surface area contributed by atoms with Crippen molar-refractivity contribution in [1.29, 1.82) is 0 Å². The number of β-amino-alcohol motifs (C(OH)–C–C–N with tert-alkyl or cyclic N) is 1. The smallest absolute Gasteiger partial charge is 0.142 e. The zero-order valence-corrected chi connectivity index (χ0v) is 15.5. The molecule has 0 aliphatic carbocycles. The fourth-order valence-electron chi connectivity index (χ4n) is 3.63. The van der Waals surface area contributed by atoms with Crippen LogP contribution in [-0.2, 0) is 6.54 Å². The van der Waals surface area contributed by atoms with Crippen molar-refractivity contribution in [3.05, 3.63) is 59.9 Å². The minimum absolute atomic E-state index is 0.146. The molecule has 0 unspecified atom stereocenters. The van der Waals surface area contributed by atoms with E-state index in [-0.39, 0.29) is 6.04 Å². The van der Waals surface area contributed by atoms with Crippen LogP contribution in [0, 0.1) is 12.3 Å². The van der Waals surface area contributed by atoms with Crippen molar-refractivity contribution in [3.8, 4) is 12.3 Å². The number of aliphatic hydroxyl groups excluding tert-OH is 1. The second-order valence-electron chi connectivity index (χ2n) is 7.14. The van der Waals surface area contributed by atoms with E-state index in [2.05, 4.69) is 32.2 Å². The lowest BCUT2D eigenvalue weighted by Gasteiger charge is -2.34. The van der Waals surface area contributed by atoms with Crippen molar-refractivity contribution in [2.24, 2.45) is 5.73 Å². The van der Waals surface area contributed by atoms with Crippen molar-refractivity contribution in [1.82, 2.24) is 14.9 Å². The number of aromatic nitrogens is 2. The molecular formula is C22H23N5O. The minimum atomic E-state index is -0.496. The third-order valence-electron chi connectivity index (χ3n) is 5.15. The molecule has 4 N–H and O–H groups in total. The zero-order valence-electron chi connectivity index (χ0n) is 15.5. The molecule has 142 valence electrons. The van der Waals surface area contributed by atoms with Crippen molar-refractivity contribution < 1.29 is 5.11 Å². The van der Waals surface area contributed by atoms with Crippen LogP contribution >= 0.6 is 0 Å². The predicted octanol–water partition coefficient (Wildman–Crippen LogP) is 2.25. The summed E-state index contributed by atoms with van der Waals surface area (Å²) in [7, 11) is 0. The van der Waals surface area contributed by atoms with Crippen molar-refractivity contribution in [3.63, 3.8) is 0 Å². The monoisotopic (exact) mass is 373 g/mol. The van der Waals surface area contributed by atoms with Crippen LogP contribution in [0.2, 0.25) is 0 Å². The lowest BCUT2D eigenvalue weighted by Crippen LogP contribution is -2.50. The van der Waals surface area contributed by atoms with Gasteiger partial charge in [-0.2, -0.15) is 0 Å². The molecule has 0 amide bonds. The first-order valence-corrected chi connectivity index (χ1v) is 9.36. The first-order chi connectivity index (χ1) is 13.6. The van der Waals surface area contributed by atoms with Gasteiger partial charge in [-0.25, -0.2) is 9.97 Å². The fourth-order valence-corrected chi connectivity index (χ4v) is 3.63. The number of nitrogens with two attached hydrogens (primary N) is 1. The summed E-state index contributed by atoms with van der Waals surface area (Å²) in [6.07, 6.45) is 7.36. The summed E-state index contributed by atoms with van der Waals surface area (Å²) in [5.41, 5.74) is 9.60. The lowest BCUT2D eigenvalue weighted by molar-refractivity contribution is 0.0501. The first-order valence-electron chi connectivity index (χ1n) is 9.36. The van der Waals surface area contributed by atoms with Crippen LogP contribution in [-0.4, -0.2) is 45.2 Å². The van der Waals surface area contributed by atoms with Gasteiger partial charge in [-0.05, 0) is 36.2 Å². The van der Waals surface area contributed by atoms with E-state index >= 15 is 0 Å². The van der Waals surface area contributed by atoms with Crippen LogP contribution in [0.25, 0.3) is 10.9 Å². The summed E-state index contributed by atoms with van der Waals surface area (Å²) in [6, 6.07) is 13.6. The first kappa shape index (κ1) is 18.4. The maximum atomic E-state index is 10.1. The van der Waals surface area contributed by atoms with Crippen LogP contribution in [0.1, 0.15) is 17.5 Å². The van der Waals surface area contributed by atoms with Crippen LogP contribution in [0.3, 0.4) is 0 Å². The van der Waals surface area contributed by atoms with E-state index in [0.717, 1.165) is 46.5 Å². The predicted molar refractivity (Wildman–Crippen MR) is 111 cm³/mol. The van der Waals surface area contributed by atoms with Crippen LogP contribution in [0.15, 0.2) is 48.8 Å². The quantitative estimate of drug-likeness (QED) is 0.608. The minimum Gasteiger partial charge on any atom is -0.390 e. The molecule has 0 bridgehead atoms. The van der Waals surface area contributed by atoms with E-state index in [1.54, 1.807) is 6.33 Å². The Morgan fingerprint density at radius 1 is 1.25 bits per heavy atom. The van der Waals surface area contributed by atoms with Gasteiger partial charge in [-0.15, -0.1) is 6.42 Å². The molecule has 0 spiro atoms. The molecule has 3 aromatic rings. The average molecular weight is 373 g/mol. The fraction of sp³-hybridized carbons (Fsp3) is 0.273. The van der Waals surface area contributed by atoms with Gasteiger partial charge in [0.15, 0.2) is 0 Å². The standard InChI is InChI=1S/C22H23N5O/c1-2-15-5-3-7-17(11-15)26-22-21-16(6-4-8-19(21)24-14-25-22)12-27-10-9-18(23)20(28)13-27/h1,3-8,11,14,18,20,28H,9-10,12-13,23H2,(H,24,25,26)/t18-,20+/m0/s1. The van der Waals surface area contributed by atoms with Gasteiger partial charge in [0.25, 0.3) is 0 Å². The highest BCUT2D eigenvalue weighted by molar-refractivity contribution is 5.93. The number of nitrogens with one attached hydrogen (secondary N) is 1. The highest BCUT2D eigenvalue weighted by Crippen LogP contribution is 2.28. The van der Waals surface area contributed by atoms with Crippen molar-refractivity contribution in [2.45, 2.75) is 25.1 Å². The summed E-state index contributed by atoms with van der Waals surface area (Å²) >= 11 is 0. The summed E-state index contributed by atoms with van der Waals surface area (Å²) in [4.78, 5) is 11.1. The number of hydrogen-bond acceptors (Lipinski definition) is 6. The van der Waals surface area contributed by atoms with Crippen LogP contribution in [0.5, 0.6) is 0 Å². The maximum absolute atomic E-state index is 10.1. The van der Waals surface area contributed by atoms with Gasteiger partial charge in [0.2, 0.25) is 0 Å². The number of aliphatic hydroxyl groups is 1. The molecule has 0 radical (unpaired) electrons. The van der Waals surface area contributed by atoms with Gasteiger partial charge in [-0.3, -0.25) is 4.90 Å². The summed E-state index contributed by atoms with van der Waals surface area (Å²) in [6.45, 7) is 2.13. The largest absolute Gasteiger partial charge is 0.390 e. The Morgan fingerprint density at radius 2 is 2.11 bits per heavy atom. The van der Waals surface area contributed by atoms with Gasteiger partial charge in [0.1, 0.15) is 12.1 Å². The number of likely N-dealkylation sites (tertiary alicyclic amines) is 1. The van der Waals surface area contributed by atoms with Crippen molar-refractivity contribution in [2.75, 3.05) is 18.4 Å². The molecule has 1 aromatic heterocycles. The Bertz CT molecular complexity index is 1020.